The van der Waals surface area contributed by atoms with Crippen LogP contribution in [0.5, 0.6) is 0 Å². The van der Waals surface area contributed by atoms with E-state index in [0.29, 0.717) is 38.8 Å². The summed E-state index contributed by atoms with van der Waals surface area (Å²) >= 11 is 3.25. The molecule has 3 aromatic rings. The third-order valence-electron chi connectivity index (χ3n) is 3.39. The van der Waals surface area contributed by atoms with Gasteiger partial charge in [0.2, 0.25) is 5.91 Å². The summed E-state index contributed by atoms with van der Waals surface area (Å²) in [5, 5.41) is 4.40. The van der Waals surface area contributed by atoms with E-state index in [0.717, 1.165) is 0 Å². The molecule has 0 aliphatic heterocycles. The van der Waals surface area contributed by atoms with E-state index in [1.165, 1.54) is 39.6 Å². The molecule has 0 saturated carbocycles. The van der Waals surface area contributed by atoms with Crippen LogP contribution in [-0.2, 0) is 10.5 Å². The van der Waals surface area contributed by atoms with Gasteiger partial charge in [0, 0.05) is 28.3 Å². The van der Waals surface area contributed by atoms with E-state index in [1.54, 1.807) is 29.8 Å². The number of nitrogens with one attached hydrogen (secondary N) is 1. The summed E-state index contributed by atoms with van der Waals surface area (Å²) in [5.41, 5.74) is 0.743. The van der Waals surface area contributed by atoms with Crippen LogP contribution in [0.15, 0.2) is 51.6 Å². The van der Waals surface area contributed by atoms with Crippen LogP contribution in [0, 0.1) is 0 Å². The monoisotopic (exact) mass is 445 g/mol. The number of fused-ring (bicyclic) bond motifs is 1. The number of amides is 1. The maximum Gasteiger partial charge on any atom is 0.398 e. The van der Waals surface area contributed by atoms with Gasteiger partial charge < -0.3 is 5.32 Å². The molecule has 0 spiro atoms. The van der Waals surface area contributed by atoms with Gasteiger partial charge in [-0.15, -0.1) is 34.9 Å². The van der Waals surface area contributed by atoms with E-state index in [4.69, 9.17) is 0 Å². The van der Waals surface area contributed by atoms with Gasteiger partial charge in [-0.2, -0.15) is 13.2 Å². The number of rotatable bonds is 7. The topological polar surface area (TPSA) is 63.5 Å². The molecule has 0 unspecified atom stereocenters. The lowest BCUT2D eigenvalue weighted by Gasteiger charge is -2.11. The lowest BCUT2D eigenvalue weighted by Crippen LogP contribution is -2.16. The highest BCUT2D eigenvalue weighted by molar-refractivity contribution is 7.99. The summed E-state index contributed by atoms with van der Waals surface area (Å²) in [7, 11) is 0. The van der Waals surface area contributed by atoms with Gasteiger partial charge in [-0.05, 0) is 12.1 Å². The number of para-hydroxylation sites is 1. The molecule has 1 aromatic carbocycles. The van der Waals surface area contributed by atoms with Crippen molar-refractivity contribution in [2.75, 3.05) is 16.8 Å². The Morgan fingerprint density at radius 3 is 2.86 bits per heavy atom. The molecule has 3 rings (SSSR count). The van der Waals surface area contributed by atoms with Gasteiger partial charge in [0.05, 0.1) is 22.9 Å². The fraction of sp³-hybridized carbons (Fsp3) is 0.235. The number of hydrogen-bond donors (Lipinski definition) is 1. The number of alkyl halides is 3. The van der Waals surface area contributed by atoms with Crippen LogP contribution in [-0.4, -0.2) is 33.0 Å². The fourth-order valence-electron chi connectivity index (χ4n) is 2.25. The van der Waals surface area contributed by atoms with Gasteiger partial charge in [0.15, 0.2) is 4.96 Å². The first-order chi connectivity index (χ1) is 13.3. The molecule has 148 valence electrons. The van der Waals surface area contributed by atoms with Crippen LogP contribution in [0.25, 0.3) is 4.96 Å². The second kappa shape index (κ2) is 9.01. The number of halogens is 3. The predicted octanol–water partition coefficient (Wildman–Crippen LogP) is 4.28. The van der Waals surface area contributed by atoms with Gasteiger partial charge in [-0.3, -0.25) is 14.0 Å². The molecule has 0 fully saturated rings. The molecule has 1 amide bonds. The Bertz CT molecular complexity index is 1030. The highest BCUT2D eigenvalue weighted by Gasteiger charge is 2.27. The molecule has 0 atom stereocenters. The average molecular weight is 446 g/mol. The SMILES string of the molecule is O=C(CSCc1cc(=O)n2ccsc2n1)Nc1ccccc1SCC(F)(F)F. The normalized spacial score (nSPS) is 11.7. The molecule has 2 aromatic heterocycles. The van der Waals surface area contributed by atoms with Crippen molar-refractivity contribution in [2.24, 2.45) is 0 Å². The maximum absolute atomic E-state index is 12.4. The fourth-order valence-corrected chi connectivity index (χ4v) is 4.48. The number of carbonyl (C=O) groups excluding carboxylic acids is 1. The Labute approximate surface area is 170 Å². The number of thiazole rings is 1. The first-order valence-electron chi connectivity index (χ1n) is 7.94. The van der Waals surface area contributed by atoms with E-state index in [2.05, 4.69) is 10.3 Å². The minimum absolute atomic E-state index is 0.0871. The smallest absolute Gasteiger partial charge is 0.324 e. The molecule has 1 N–H and O–H groups in total. The van der Waals surface area contributed by atoms with Gasteiger partial charge in [-0.25, -0.2) is 4.98 Å². The molecule has 5 nitrogen and oxygen atoms in total. The Morgan fingerprint density at radius 2 is 2.07 bits per heavy atom. The molecule has 28 heavy (non-hydrogen) atoms. The predicted molar refractivity (Wildman–Crippen MR) is 107 cm³/mol. The van der Waals surface area contributed by atoms with Crippen molar-refractivity contribution in [1.82, 2.24) is 9.38 Å². The molecule has 0 aliphatic carbocycles. The Balaban J connectivity index is 1.55. The zero-order valence-electron chi connectivity index (χ0n) is 14.2. The maximum atomic E-state index is 12.4. The number of anilines is 1. The Morgan fingerprint density at radius 1 is 1.29 bits per heavy atom. The van der Waals surface area contributed by atoms with Gasteiger partial charge >= 0.3 is 6.18 Å². The summed E-state index contributed by atoms with van der Waals surface area (Å²) in [4.78, 5) is 29.4. The molecule has 0 saturated heterocycles. The van der Waals surface area contributed by atoms with Crippen LogP contribution in [0.2, 0.25) is 0 Å². The van der Waals surface area contributed by atoms with E-state index in [1.807, 2.05) is 0 Å². The highest BCUT2D eigenvalue weighted by Crippen LogP contribution is 2.32. The Kier molecular flexibility index (Phi) is 6.68. The largest absolute Gasteiger partial charge is 0.398 e. The van der Waals surface area contributed by atoms with Crippen molar-refractivity contribution in [3.63, 3.8) is 0 Å². The van der Waals surface area contributed by atoms with Gasteiger partial charge in [-0.1, -0.05) is 12.1 Å². The van der Waals surface area contributed by atoms with E-state index >= 15 is 0 Å². The molecule has 0 radical (unpaired) electrons. The van der Waals surface area contributed by atoms with Gasteiger partial charge in [0.1, 0.15) is 0 Å². The van der Waals surface area contributed by atoms with E-state index in [9.17, 15) is 22.8 Å². The lowest BCUT2D eigenvalue weighted by atomic mass is 10.3. The molecule has 0 aliphatic rings. The number of thioether (sulfide) groups is 2. The zero-order valence-corrected chi connectivity index (χ0v) is 16.7. The van der Waals surface area contributed by atoms with Gasteiger partial charge in [0.25, 0.3) is 5.56 Å². The summed E-state index contributed by atoms with van der Waals surface area (Å²) in [6, 6.07) is 7.79. The van der Waals surface area contributed by atoms with E-state index in [-0.39, 0.29) is 17.2 Å². The van der Waals surface area contributed by atoms with Crippen molar-refractivity contribution in [3.8, 4) is 0 Å². The molecular weight excluding hydrogens is 431 g/mol. The lowest BCUT2D eigenvalue weighted by molar-refractivity contribution is -0.113. The Hall–Kier alpha value is -1.98. The first kappa shape index (κ1) is 20.7. The third kappa shape index (κ3) is 5.76. The average Bonchev–Trinajstić information content (AvgIpc) is 3.09. The van der Waals surface area contributed by atoms with Crippen molar-refractivity contribution in [1.29, 1.82) is 0 Å². The second-order valence-corrected chi connectivity index (χ2v) is 8.46. The third-order valence-corrected chi connectivity index (χ3v) is 6.25. The van der Waals surface area contributed by atoms with Crippen LogP contribution in [0.4, 0.5) is 18.9 Å². The second-order valence-electron chi connectivity index (χ2n) is 5.58. The van der Waals surface area contributed by atoms with Crippen molar-refractivity contribution in [3.05, 3.63) is 58.0 Å². The number of hydrogen-bond acceptors (Lipinski definition) is 6. The van der Waals surface area contributed by atoms with Crippen LogP contribution in [0.3, 0.4) is 0 Å². The number of carbonyl (C=O) groups is 1. The summed E-state index contributed by atoms with van der Waals surface area (Å²) < 4.78 is 38.7. The molecule has 2 heterocycles. The summed E-state index contributed by atoms with van der Waals surface area (Å²) in [5.74, 6) is -0.897. The van der Waals surface area contributed by atoms with Crippen molar-refractivity contribution < 1.29 is 18.0 Å². The van der Waals surface area contributed by atoms with Crippen LogP contribution in [0.1, 0.15) is 5.69 Å². The number of aromatic nitrogens is 2. The first-order valence-corrected chi connectivity index (χ1v) is 11.0. The number of nitrogens with zero attached hydrogens (tertiary/aromatic N) is 2. The summed E-state index contributed by atoms with van der Waals surface area (Å²) in [6.45, 7) is 0. The minimum Gasteiger partial charge on any atom is -0.324 e. The standard InChI is InChI=1S/C17H14F3N3O2S3/c18-17(19,20)10-28-13-4-2-1-3-12(13)22-14(24)9-26-8-11-7-15(25)23-5-6-27-16(23)21-11/h1-7H,8-10H2,(H,22,24). The molecular formula is C17H14F3N3O2S3. The molecule has 0 bridgehead atoms. The highest BCUT2D eigenvalue weighted by atomic mass is 32.2. The molecule has 11 heteroatoms. The quantitative estimate of drug-likeness (QED) is 0.550. The van der Waals surface area contributed by atoms with Crippen LogP contribution >= 0.6 is 34.9 Å². The zero-order chi connectivity index (χ0) is 20.1. The van der Waals surface area contributed by atoms with Crippen molar-refractivity contribution >= 4 is 51.4 Å². The minimum atomic E-state index is -4.28. The summed E-state index contributed by atoms with van der Waals surface area (Å²) in [6.07, 6.45) is -2.64. The van der Waals surface area contributed by atoms with Crippen molar-refractivity contribution in [2.45, 2.75) is 16.8 Å². The number of benzene rings is 1. The van der Waals surface area contributed by atoms with E-state index < -0.39 is 11.9 Å². The van der Waals surface area contributed by atoms with Crippen LogP contribution < -0.4 is 10.9 Å².